The Morgan fingerprint density at radius 3 is 2.85 bits per heavy atom. The van der Waals surface area contributed by atoms with Crippen molar-refractivity contribution in [1.82, 2.24) is 29.5 Å². The van der Waals surface area contributed by atoms with Crippen LogP contribution < -0.4 is 0 Å². The molecule has 0 spiro atoms. The lowest BCUT2D eigenvalue weighted by molar-refractivity contribution is 0.585. The average Bonchev–Trinajstić information content (AvgIpc) is 3.22. The number of aryl methyl sites for hydroxylation is 2. The highest BCUT2D eigenvalue weighted by Gasteiger charge is 2.16. The van der Waals surface area contributed by atoms with Crippen molar-refractivity contribution in [2.24, 2.45) is 0 Å². The fourth-order valence-electron chi connectivity index (χ4n) is 3.15. The second-order valence-electron chi connectivity index (χ2n) is 6.38. The summed E-state index contributed by atoms with van der Waals surface area (Å²) in [6, 6.07) is 6.63. The number of imidazole rings is 2. The maximum Gasteiger partial charge on any atom is 0.213 e. The van der Waals surface area contributed by atoms with E-state index < -0.39 is 5.95 Å². The van der Waals surface area contributed by atoms with Gasteiger partial charge < -0.3 is 9.55 Å². The summed E-state index contributed by atoms with van der Waals surface area (Å²) < 4.78 is 15.5. The summed E-state index contributed by atoms with van der Waals surface area (Å²) in [5.74, 6) is 0.870. The number of hydrogen-bond donors (Lipinski definition) is 1. The first-order valence-corrected chi connectivity index (χ1v) is 9.12. The van der Waals surface area contributed by atoms with E-state index in [1.165, 1.54) is 6.07 Å². The Bertz CT molecular complexity index is 1120. The van der Waals surface area contributed by atoms with E-state index in [0.717, 1.165) is 35.7 Å². The number of nitrogens with one attached hydrogen (secondary N) is 1. The van der Waals surface area contributed by atoms with E-state index in [1.807, 2.05) is 13.0 Å². The first-order chi connectivity index (χ1) is 13.0. The van der Waals surface area contributed by atoms with Gasteiger partial charge in [-0.25, -0.2) is 19.9 Å². The number of pyridine rings is 2. The molecule has 4 aromatic heterocycles. The van der Waals surface area contributed by atoms with Gasteiger partial charge in [-0.05, 0) is 31.5 Å². The van der Waals surface area contributed by atoms with Crippen LogP contribution in [0, 0.1) is 12.9 Å². The lowest BCUT2D eigenvalue weighted by Gasteiger charge is -2.07. The maximum absolute atomic E-state index is 13.3. The topological polar surface area (TPSA) is 72.3 Å². The molecule has 4 rings (SSSR count). The molecule has 0 bridgehead atoms. The summed E-state index contributed by atoms with van der Waals surface area (Å²) in [6.07, 6.45) is 3.24. The molecular weight excluding hydrogens is 367 g/mol. The predicted molar refractivity (Wildman–Crippen MR) is 102 cm³/mol. The number of nitrogens with zero attached hydrogens (tertiary/aromatic N) is 5. The number of halogens is 2. The van der Waals surface area contributed by atoms with Crippen LogP contribution in [0.25, 0.3) is 22.6 Å². The molecule has 0 fully saturated rings. The molecule has 0 unspecified atom stereocenters. The highest BCUT2D eigenvalue weighted by molar-refractivity contribution is 6.33. The Balaban J connectivity index is 1.71. The standard InChI is InChI=1S/C19H18ClFN6/c1-3-7-27-14-8-11(2)23-18(20)17(14)26-16(27)9-12-10-22-19(24-12)13-5-4-6-15(21)25-13/h4-6,8,10H,3,7,9H2,1-2H3,(H,22,24). The number of rotatable bonds is 5. The van der Waals surface area contributed by atoms with E-state index in [2.05, 4.69) is 31.4 Å². The molecular formula is C19H18ClFN6. The van der Waals surface area contributed by atoms with Gasteiger partial charge in [-0.2, -0.15) is 4.39 Å². The third kappa shape index (κ3) is 3.42. The Labute approximate surface area is 160 Å². The van der Waals surface area contributed by atoms with Gasteiger partial charge in [0.1, 0.15) is 17.0 Å². The monoisotopic (exact) mass is 384 g/mol. The van der Waals surface area contributed by atoms with E-state index in [1.54, 1.807) is 18.3 Å². The van der Waals surface area contributed by atoms with Gasteiger partial charge in [0.15, 0.2) is 11.0 Å². The summed E-state index contributed by atoms with van der Waals surface area (Å²) >= 11 is 6.30. The molecule has 8 heteroatoms. The zero-order valence-electron chi connectivity index (χ0n) is 15.0. The second kappa shape index (κ2) is 7.08. The van der Waals surface area contributed by atoms with Gasteiger partial charge in [0, 0.05) is 30.6 Å². The first-order valence-electron chi connectivity index (χ1n) is 8.74. The van der Waals surface area contributed by atoms with E-state index >= 15 is 0 Å². The summed E-state index contributed by atoms with van der Waals surface area (Å²) in [6.45, 7) is 4.87. The quantitative estimate of drug-likeness (QED) is 0.520. The SMILES string of the molecule is CCCn1c(Cc2cnc(-c3cccc(F)n3)[nH]2)nc2c(Cl)nc(C)cc21. The highest BCUT2D eigenvalue weighted by Crippen LogP contribution is 2.25. The van der Waals surface area contributed by atoms with E-state index in [0.29, 0.717) is 28.6 Å². The van der Waals surface area contributed by atoms with Crippen molar-refractivity contribution in [2.75, 3.05) is 0 Å². The molecule has 0 saturated carbocycles. The molecule has 0 aromatic carbocycles. The molecule has 0 saturated heterocycles. The van der Waals surface area contributed by atoms with E-state index in [9.17, 15) is 4.39 Å². The van der Waals surface area contributed by atoms with Gasteiger partial charge >= 0.3 is 0 Å². The zero-order valence-corrected chi connectivity index (χ0v) is 15.8. The Morgan fingerprint density at radius 2 is 2.07 bits per heavy atom. The number of aromatic nitrogens is 6. The molecule has 6 nitrogen and oxygen atoms in total. The Kier molecular flexibility index (Phi) is 4.61. The van der Waals surface area contributed by atoms with Crippen molar-refractivity contribution in [3.05, 3.63) is 58.8 Å². The van der Waals surface area contributed by atoms with Gasteiger partial charge in [0.25, 0.3) is 0 Å². The Hall–Kier alpha value is -2.80. The maximum atomic E-state index is 13.3. The van der Waals surface area contributed by atoms with Gasteiger partial charge in [-0.1, -0.05) is 24.6 Å². The largest absolute Gasteiger partial charge is 0.340 e. The van der Waals surface area contributed by atoms with Crippen LogP contribution in [0.1, 0.15) is 30.6 Å². The van der Waals surface area contributed by atoms with Crippen LogP contribution >= 0.6 is 11.6 Å². The van der Waals surface area contributed by atoms with Crippen molar-refractivity contribution in [3.63, 3.8) is 0 Å². The van der Waals surface area contributed by atoms with E-state index in [4.69, 9.17) is 16.6 Å². The van der Waals surface area contributed by atoms with Crippen molar-refractivity contribution >= 4 is 22.6 Å². The van der Waals surface area contributed by atoms with Crippen LogP contribution in [0.4, 0.5) is 4.39 Å². The molecule has 138 valence electrons. The third-order valence-corrected chi connectivity index (χ3v) is 4.55. The number of fused-ring (bicyclic) bond motifs is 1. The molecule has 1 N–H and O–H groups in total. The van der Waals surface area contributed by atoms with Crippen LogP contribution in [-0.2, 0) is 13.0 Å². The Morgan fingerprint density at radius 1 is 1.22 bits per heavy atom. The van der Waals surface area contributed by atoms with Crippen molar-refractivity contribution in [3.8, 4) is 11.5 Å². The molecule has 0 aliphatic rings. The smallest absolute Gasteiger partial charge is 0.213 e. The highest BCUT2D eigenvalue weighted by atomic mass is 35.5. The van der Waals surface area contributed by atoms with Crippen LogP contribution in [0.15, 0.2) is 30.5 Å². The molecule has 4 aromatic rings. The minimum atomic E-state index is -0.535. The van der Waals surface area contributed by atoms with Crippen molar-refractivity contribution < 1.29 is 4.39 Å². The van der Waals surface area contributed by atoms with Crippen molar-refractivity contribution in [1.29, 1.82) is 0 Å². The number of H-pyrrole nitrogens is 1. The molecule has 0 aliphatic carbocycles. The van der Waals surface area contributed by atoms with Crippen molar-refractivity contribution in [2.45, 2.75) is 33.2 Å². The fourth-order valence-corrected chi connectivity index (χ4v) is 3.42. The molecule has 0 radical (unpaired) electrons. The van der Waals surface area contributed by atoms with Gasteiger partial charge in [0.2, 0.25) is 5.95 Å². The minimum Gasteiger partial charge on any atom is -0.340 e. The summed E-state index contributed by atoms with van der Waals surface area (Å²) in [4.78, 5) is 20.4. The second-order valence-corrected chi connectivity index (χ2v) is 6.74. The molecule has 4 heterocycles. The lowest BCUT2D eigenvalue weighted by Crippen LogP contribution is -2.04. The summed E-state index contributed by atoms with van der Waals surface area (Å²) in [5.41, 5.74) is 3.88. The van der Waals surface area contributed by atoms with Crippen LogP contribution in [0.3, 0.4) is 0 Å². The number of hydrogen-bond acceptors (Lipinski definition) is 4. The first kappa shape index (κ1) is 17.6. The molecule has 27 heavy (non-hydrogen) atoms. The fraction of sp³-hybridized carbons (Fsp3) is 0.263. The molecule has 0 atom stereocenters. The molecule has 0 amide bonds. The average molecular weight is 385 g/mol. The van der Waals surface area contributed by atoms with Gasteiger partial charge in [-0.15, -0.1) is 0 Å². The normalized spacial score (nSPS) is 11.4. The van der Waals surface area contributed by atoms with Gasteiger partial charge in [-0.3, -0.25) is 0 Å². The zero-order chi connectivity index (χ0) is 19.0. The van der Waals surface area contributed by atoms with Gasteiger partial charge in [0.05, 0.1) is 5.52 Å². The van der Waals surface area contributed by atoms with Crippen LogP contribution in [0.2, 0.25) is 5.15 Å². The third-order valence-electron chi connectivity index (χ3n) is 4.28. The summed E-state index contributed by atoms with van der Waals surface area (Å²) in [7, 11) is 0. The van der Waals surface area contributed by atoms with E-state index in [-0.39, 0.29) is 0 Å². The summed E-state index contributed by atoms with van der Waals surface area (Å²) in [5, 5.41) is 0.412. The molecule has 0 aliphatic heterocycles. The lowest BCUT2D eigenvalue weighted by atomic mass is 10.3. The predicted octanol–water partition coefficient (Wildman–Crippen LogP) is 4.32. The van der Waals surface area contributed by atoms with Crippen LogP contribution in [-0.4, -0.2) is 29.5 Å². The number of aromatic amines is 1. The van der Waals surface area contributed by atoms with Crippen LogP contribution in [0.5, 0.6) is 0 Å². The minimum absolute atomic E-state index is 0.412.